The van der Waals surface area contributed by atoms with Crippen molar-refractivity contribution in [3.8, 4) is 0 Å². The largest absolute Gasteiger partial charge is 0.332 e. The van der Waals surface area contributed by atoms with Crippen LogP contribution in [0.15, 0.2) is 11.2 Å². The molecule has 2 N–H and O–H groups in total. The maximum Gasteiger partial charge on any atom is 0.257 e. The second-order valence-electron chi connectivity index (χ2n) is 5.55. The second-order valence-corrected chi connectivity index (χ2v) is 8.58. The van der Waals surface area contributed by atoms with Gasteiger partial charge in [-0.25, -0.2) is 18.1 Å². The molecule has 0 amide bonds. The van der Waals surface area contributed by atoms with Crippen molar-refractivity contribution in [2.45, 2.75) is 44.0 Å². The van der Waals surface area contributed by atoms with Crippen LogP contribution >= 0.6 is 15.9 Å². The third-order valence-electron chi connectivity index (χ3n) is 2.30. The smallest absolute Gasteiger partial charge is 0.257 e. The monoisotopic (exact) mass is 337 g/mol. The number of hydrogen-bond acceptors (Lipinski definition) is 3. The van der Waals surface area contributed by atoms with Crippen molar-refractivity contribution >= 4 is 26.0 Å². The van der Waals surface area contributed by atoms with Crippen LogP contribution < -0.4 is 4.72 Å². The molecule has 1 atom stereocenters. The highest BCUT2D eigenvalue weighted by atomic mass is 79.9. The molecule has 0 aliphatic carbocycles. The zero-order valence-electron chi connectivity index (χ0n) is 11.1. The molecule has 0 radical (unpaired) electrons. The average Bonchev–Trinajstić information content (AvgIpc) is 2.60. The van der Waals surface area contributed by atoms with Crippen molar-refractivity contribution in [1.82, 2.24) is 14.7 Å². The second kappa shape index (κ2) is 5.71. The fourth-order valence-electron chi connectivity index (χ4n) is 1.55. The number of aromatic amines is 1. The summed E-state index contributed by atoms with van der Waals surface area (Å²) in [5.41, 5.74) is 0.157. The predicted octanol–water partition coefficient (Wildman–Crippen LogP) is 2.20. The zero-order chi connectivity index (χ0) is 14.0. The molecule has 104 valence electrons. The van der Waals surface area contributed by atoms with E-state index in [9.17, 15) is 8.42 Å². The third kappa shape index (κ3) is 5.07. The summed E-state index contributed by atoms with van der Waals surface area (Å²) in [6.45, 7) is 8.43. The van der Waals surface area contributed by atoms with Crippen LogP contribution in [0.2, 0.25) is 0 Å². The molecule has 0 aliphatic heterocycles. The van der Waals surface area contributed by atoms with Gasteiger partial charge in [-0.3, -0.25) is 0 Å². The fraction of sp³-hybridized carbons (Fsp3) is 0.727. The predicted molar refractivity (Wildman–Crippen MR) is 75.3 cm³/mol. The number of aryl methyl sites for hydroxylation is 1. The SMILES string of the molecule is Cc1ncc(S(=O)(=O)NCC(Br)CC(C)(C)C)[nH]1. The van der Waals surface area contributed by atoms with Crippen LogP contribution in [0, 0.1) is 12.3 Å². The summed E-state index contributed by atoms with van der Waals surface area (Å²) in [5, 5.41) is 0.107. The van der Waals surface area contributed by atoms with Crippen molar-refractivity contribution in [2.24, 2.45) is 5.41 Å². The van der Waals surface area contributed by atoms with E-state index in [2.05, 4.69) is 51.4 Å². The Morgan fingerprint density at radius 2 is 2.11 bits per heavy atom. The number of nitrogens with one attached hydrogen (secondary N) is 2. The Kier molecular flexibility index (Phi) is 4.97. The molecule has 0 bridgehead atoms. The van der Waals surface area contributed by atoms with Gasteiger partial charge in [-0.1, -0.05) is 36.7 Å². The number of halogens is 1. The summed E-state index contributed by atoms with van der Waals surface area (Å²) in [7, 11) is -3.49. The highest BCUT2D eigenvalue weighted by Crippen LogP contribution is 2.24. The molecule has 1 unspecified atom stereocenters. The van der Waals surface area contributed by atoms with E-state index in [1.165, 1.54) is 6.20 Å². The van der Waals surface area contributed by atoms with Crippen LogP contribution in [0.3, 0.4) is 0 Å². The van der Waals surface area contributed by atoms with Crippen molar-refractivity contribution in [3.05, 3.63) is 12.0 Å². The molecular weight excluding hydrogens is 318 g/mol. The van der Waals surface area contributed by atoms with Crippen LogP contribution in [-0.2, 0) is 10.0 Å². The topological polar surface area (TPSA) is 74.8 Å². The van der Waals surface area contributed by atoms with E-state index >= 15 is 0 Å². The van der Waals surface area contributed by atoms with Gasteiger partial charge in [0.1, 0.15) is 5.82 Å². The lowest BCUT2D eigenvalue weighted by molar-refractivity contribution is 0.373. The van der Waals surface area contributed by atoms with Gasteiger partial charge >= 0.3 is 0 Å². The number of sulfonamides is 1. The lowest BCUT2D eigenvalue weighted by Crippen LogP contribution is -2.31. The van der Waals surface area contributed by atoms with Crippen molar-refractivity contribution in [3.63, 3.8) is 0 Å². The van der Waals surface area contributed by atoms with Gasteiger partial charge in [0.05, 0.1) is 6.20 Å². The molecule has 7 heteroatoms. The normalized spacial score (nSPS) is 14.7. The molecule has 0 spiro atoms. The van der Waals surface area contributed by atoms with E-state index in [0.717, 1.165) is 6.42 Å². The summed E-state index contributed by atoms with van der Waals surface area (Å²) in [5.74, 6) is 0.584. The molecule has 0 aliphatic rings. The molecular formula is C11H20BrN3O2S. The first-order valence-corrected chi connectivity index (χ1v) is 8.15. The Labute approximate surface area is 117 Å². The average molecular weight is 338 g/mol. The summed E-state index contributed by atoms with van der Waals surface area (Å²) in [6, 6.07) is 0. The van der Waals surface area contributed by atoms with Crippen LogP contribution in [-0.4, -0.2) is 29.8 Å². The van der Waals surface area contributed by atoms with Crippen molar-refractivity contribution < 1.29 is 8.42 Å². The highest BCUT2D eigenvalue weighted by molar-refractivity contribution is 9.09. The Bertz CT molecular complexity index is 491. The van der Waals surface area contributed by atoms with E-state index < -0.39 is 10.0 Å². The number of imidazole rings is 1. The summed E-state index contributed by atoms with van der Waals surface area (Å²) < 4.78 is 26.4. The van der Waals surface area contributed by atoms with Gasteiger partial charge in [0.15, 0.2) is 5.03 Å². The van der Waals surface area contributed by atoms with E-state index in [4.69, 9.17) is 0 Å². The minimum absolute atomic E-state index is 0.107. The molecule has 1 aromatic rings. The maximum atomic E-state index is 11.9. The number of alkyl halides is 1. The third-order valence-corrected chi connectivity index (χ3v) is 4.28. The van der Waals surface area contributed by atoms with Gasteiger partial charge in [0.25, 0.3) is 10.0 Å². The van der Waals surface area contributed by atoms with Gasteiger partial charge in [0.2, 0.25) is 0 Å². The Morgan fingerprint density at radius 3 is 2.56 bits per heavy atom. The highest BCUT2D eigenvalue weighted by Gasteiger charge is 2.21. The first-order valence-electron chi connectivity index (χ1n) is 5.75. The number of aromatic nitrogens is 2. The molecule has 0 saturated heterocycles. The quantitative estimate of drug-likeness (QED) is 0.808. The molecule has 0 fully saturated rings. The molecule has 0 aromatic carbocycles. The minimum atomic E-state index is -3.49. The number of H-pyrrole nitrogens is 1. The van der Waals surface area contributed by atoms with Crippen molar-refractivity contribution in [1.29, 1.82) is 0 Å². The first-order chi connectivity index (χ1) is 8.10. The molecule has 1 heterocycles. The minimum Gasteiger partial charge on any atom is -0.332 e. The molecule has 5 nitrogen and oxygen atoms in total. The van der Waals surface area contributed by atoms with Gasteiger partial charge in [-0.15, -0.1) is 0 Å². The van der Waals surface area contributed by atoms with E-state index in [1.54, 1.807) is 6.92 Å². The number of nitrogens with zero attached hydrogens (tertiary/aromatic N) is 1. The molecule has 1 aromatic heterocycles. The van der Waals surface area contributed by atoms with E-state index in [1.807, 2.05) is 0 Å². The van der Waals surface area contributed by atoms with Crippen LogP contribution in [0.4, 0.5) is 0 Å². The fourth-order valence-corrected chi connectivity index (χ4v) is 3.95. The number of hydrogen-bond donors (Lipinski definition) is 2. The lowest BCUT2D eigenvalue weighted by Gasteiger charge is -2.22. The zero-order valence-corrected chi connectivity index (χ0v) is 13.5. The maximum absolute atomic E-state index is 11.9. The van der Waals surface area contributed by atoms with E-state index in [0.29, 0.717) is 12.4 Å². The number of rotatable bonds is 5. The first kappa shape index (κ1) is 15.7. The van der Waals surface area contributed by atoms with Crippen molar-refractivity contribution in [2.75, 3.05) is 6.54 Å². The standard InChI is InChI=1S/C11H20BrN3O2S/c1-8-13-7-10(15-8)18(16,17)14-6-9(12)5-11(2,3)4/h7,9,14H,5-6H2,1-4H3,(H,13,15). The summed E-state index contributed by atoms with van der Waals surface area (Å²) >= 11 is 3.49. The van der Waals surface area contributed by atoms with Gasteiger partial charge in [0, 0.05) is 11.4 Å². The van der Waals surface area contributed by atoms with Gasteiger partial charge in [-0.2, -0.15) is 0 Å². The van der Waals surface area contributed by atoms with Crippen LogP contribution in [0.25, 0.3) is 0 Å². The van der Waals surface area contributed by atoms with Crippen LogP contribution in [0.5, 0.6) is 0 Å². The van der Waals surface area contributed by atoms with Gasteiger partial charge < -0.3 is 4.98 Å². The van der Waals surface area contributed by atoms with Gasteiger partial charge in [-0.05, 0) is 18.8 Å². The molecule has 1 rings (SSSR count). The summed E-state index contributed by atoms with van der Waals surface area (Å²) in [4.78, 5) is 6.70. The Hall–Kier alpha value is -0.400. The van der Waals surface area contributed by atoms with E-state index in [-0.39, 0.29) is 15.3 Å². The van der Waals surface area contributed by atoms with Crippen LogP contribution in [0.1, 0.15) is 33.0 Å². The lowest BCUT2D eigenvalue weighted by atomic mass is 9.91. The Balaban J connectivity index is 2.58. The molecule has 0 saturated carbocycles. The molecule has 18 heavy (non-hydrogen) atoms. The Morgan fingerprint density at radius 1 is 1.50 bits per heavy atom. The summed E-state index contributed by atoms with van der Waals surface area (Å²) in [6.07, 6.45) is 2.21.